The van der Waals surface area contributed by atoms with Gasteiger partial charge in [-0.1, -0.05) is 31.5 Å². The Bertz CT molecular complexity index is 532. The Morgan fingerprint density at radius 2 is 1.95 bits per heavy atom. The highest BCUT2D eigenvalue weighted by Gasteiger charge is 2.03. The van der Waals surface area contributed by atoms with Gasteiger partial charge in [0, 0.05) is 48.3 Å². The minimum Gasteiger partial charge on any atom is -0.346 e. The smallest absolute Gasteiger partial charge is 0.0499 e. The molecule has 3 nitrogen and oxygen atoms in total. The van der Waals surface area contributed by atoms with E-state index in [9.17, 15) is 0 Å². The number of aromatic nitrogens is 1. The van der Waals surface area contributed by atoms with Gasteiger partial charge in [0.25, 0.3) is 0 Å². The van der Waals surface area contributed by atoms with Crippen LogP contribution in [0.25, 0.3) is 10.9 Å². The van der Waals surface area contributed by atoms with E-state index in [1.165, 1.54) is 5.52 Å². The minimum atomic E-state index is 0.829. The number of halogens is 1. The quantitative estimate of drug-likeness (QED) is 0.754. The molecule has 2 aromatic rings. The van der Waals surface area contributed by atoms with Crippen LogP contribution < -0.4 is 5.32 Å². The van der Waals surface area contributed by atoms with Gasteiger partial charge in [-0.25, -0.2) is 0 Å². The van der Waals surface area contributed by atoms with Crippen LogP contribution in [0.2, 0.25) is 5.02 Å². The van der Waals surface area contributed by atoms with Crippen LogP contribution in [0.5, 0.6) is 0 Å². The van der Waals surface area contributed by atoms with Crippen molar-refractivity contribution in [1.82, 2.24) is 14.8 Å². The Labute approximate surface area is 126 Å². The molecule has 0 bridgehead atoms. The molecule has 110 valence electrons. The molecule has 0 aliphatic carbocycles. The SMILES string of the molecule is CCN(CC)CCNCCn1ccc2c(Cl)cccc21. The van der Waals surface area contributed by atoms with Gasteiger partial charge in [0.15, 0.2) is 0 Å². The fraction of sp³-hybridized carbons (Fsp3) is 0.500. The van der Waals surface area contributed by atoms with Crippen LogP contribution in [0.3, 0.4) is 0 Å². The third kappa shape index (κ3) is 3.75. The van der Waals surface area contributed by atoms with Gasteiger partial charge in [-0.3, -0.25) is 0 Å². The van der Waals surface area contributed by atoms with E-state index in [1.54, 1.807) is 0 Å². The summed E-state index contributed by atoms with van der Waals surface area (Å²) in [7, 11) is 0. The Morgan fingerprint density at radius 1 is 1.15 bits per heavy atom. The first-order valence-electron chi connectivity index (χ1n) is 7.42. The highest BCUT2D eigenvalue weighted by atomic mass is 35.5. The zero-order valence-corrected chi connectivity index (χ0v) is 13.2. The van der Waals surface area contributed by atoms with Gasteiger partial charge < -0.3 is 14.8 Å². The second kappa shape index (κ2) is 7.67. The summed E-state index contributed by atoms with van der Waals surface area (Å²) in [5.41, 5.74) is 1.21. The molecule has 2 rings (SSSR count). The topological polar surface area (TPSA) is 20.2 Å². The van der Waals surface area contributed by atoms with E-state index >= 15 is 0 Å². The molecule has 1 aromatic carbocycles. The molecular formula is C16H24ClN3. The number of nitrogens with zero attached hydrogens (tertiary/aromatic N) is 2. The molecule has 1 N–H and O–H groups in total. The van der Waals surface area contributed by atoms with Crippen LogP contribution in [0.4, 0.5) is 0 Å². The van der Waals surface area contributed by atoms with E-state index in [0.29, 0.717) is 0 Å². The van der Waals surface area contributed by atoms with Gasteiger partial charge in [0.2, 0.25) is 0 Å². The molecule has 1 aromatic heterocycles. The lowest BCUT2D eigenvalue weighted by Crippen LogP contribution is -2.33. The van der Waals surface area contributed by atoms with Crippen LogP contribution in [-0.4, -0.2) is 42.2 Å². The van der Waals surface area contributed by atoms with Crippen LogP contribution in [0.15, 0.2) is 30.5 Å². The third-order valence-electron chi connectivity index (χ3n) is 3.79. The van der Waals surface area contributed by atoms with E-state index in [0.717, 1.165) is 49.7 Å². The van der Waals surface area contributed by atoms with Crippen LogP contribution in [0, 0.1) is 0 Å². The first-order chi connectivity index (χ1) is 9.76. The summed E-state index contributed by atoms with van der Waals surface area (Å²) in [6, 6.07) is 8.16. The van der Waals surface area contributed by atoms with E-state index in [2.05, 4.69) is 47.0 Å². The first-order valence-corrected chi connectivity index (χ1v) is 7.80. The molecule has 0 aliphatic heterocycles. The van der Waals surface area contributed by atoms with Crippen LogP contribution >= 0.6 is 11.6 Å². The minimum absolute atomic E-state index is 0.829. The predicted molar refractivity (Wildman–Crippen MR) is 87.6 cm³/mol. The molecule has 0 fully saturated rings. The van der Waals surface area contributed by atoms with Crippen molar-refractivity contribution in [1.29, 1.82) is 0 Å². The monoisotopic (exact) mass is 293 g/mol. The number of likely N-dealkylation sites (N-methyl/N-ethyl adjacent to an activating group) is 1. The molecule has 0 radical (unpaired) electrons. The first kappa shape index (κ1) is 15.4. The highest BCUT2D eigenvalue weighted by Crippen LogP contribution is 2.23. The number of hydrogen-bond acceptors (Lipinski definition) is 2. The maximum atomic E-state index is 6.19. The van der Waals surface area contributed by atoms with Crippen molar-refractivity contribution < 1.29 is 0 Å². The van der Waals surface area contributed by atoms with Crippen molar-refractivity contribution in [2.75, 3.05) is 32.7 Å². The molecule has 4 heteroatoms. The summed E-state index contributed by atoms with van der Waals surface area (Å²) < 4.78 is 2.26. The molecule has 0 saturated heterocycles. The average Bonchev–Trinajstić information content (AvgIpc) is 2.88. The normalized spacial score (nSPS) is 11.6. The number of rotatable bonds is 8. The Hall–Kier alpha value is -1.03. The van der Waals surface area contributed by atoms with E-state index in [4.69, 9.17) is 11.6 Å². The maximum Gasteiger partial charge on any atom is 0.0499 e. The number of hydrogen-bond donors (Lipinski definition) is 1. The van der Waals surface area contributed by atoms with Gasteiger partial charge in [-0.2, -0.15) is 0 Å². The second-order valence-corrected chi connectivity index (χ2v) is 5.37. The predicted octanol–water partition coefficient (Wildman–Crippen LogP) is 3.23. The Balaban J connectivity index is 1.80. The van der Waals surface area contributed by atoms with Gasteiger partial charge in [0.1, 0.15) is 0 Å². The summed E-state index contributed by atoms with van der Waals surface area (Å²) in [6.45, 7) is 10.8. The molecular weight excluding hydrogens is 270 g/mol. The molecule has 0 saturated carbocycles. The van der Waals surface area contributed by atoms with Gasteiger partial charge in [-0.05, 0) is 31.3 Å². The van der Waals surface area contributed by atoms with E-state index in [-0.39, 0.29) is 0 Å². The fourth-order valence-electron chi connectivity index (χ4n) is 2.48. The van der Waals surface area contributed by atoms with Crippen molar-refractivity contribution in [3.63, 3.8) is 0 Å². The number of nitrogens with one attached hydrogen (secondary N) is 1. The lowest BCUT2D eigenvalue weighted by Gasteiger charge is -2.18. The van der Waals surface area contributed by atoms with Crippen molar-refractivity contribution in [2.45, 2.75) is 20.4 Å². The van der Waals surface area contributed by atoms with Crippen LogP contribution in [0.1, 0.15) is 13.8 Å². The lowest BCUT2D eigenvalue weighted by atomic mass is 10.2. The lowest BCUT2D eigenvalue weighted by molar-refractivity contribution is 0.302. The summed E-state index contributed by atoms with van der Waals surface area (Å²) in [5.74, 6) is 0. The maximum absolute atomic E-state index is 6.19. The van der Waals surface area contributed by atoms with Crippen molar-refractivity contribution in [2.24, 2.45) is 0 Å². The molecule has 0 amide bonds. The highest BCUT2D eigenvalue weighted by molar-refractivity contribution is 6.35. The standard InChI is InChI=1S/C16H24ClN3/c1-3-19(4-2)12-9-18-10-13-20-11-8-14-15(17)6-5-7-16(14)20/h5-8,11,18H,3-4,9-10,12-13H2,1-2H3. The zero-order chi connectivity index (χ0) is 14.4. The summed E-state index contributed by atoms with van der Waals surface area (Å²) in [6.07, 6.45) is 2.11. The number of benzene rings is 1. The van der Waals surface area contributed by atoms with Crippen molar-refractivity contribution in [3.05, 3.63) is 35.5 Å². The summed E-state index contributed by atoms with van der Waals surface area (Å²) in [4.78, 5) is 2.43. The van der Waals surface area contributed by atoms with Crippen molar-refractivity contribution >= 4 is 22.5 Å². The summed E-state index contributed by atoms with van der Waals surface area (Å²) in [5, 5.41) is 5.47. The Kier molecular flexibility index (Phi) is 5.89. The van der Waals surface area contributed by atoms with Crippen molar-refractivity contribution in [3.8, 4) is 0 Å². The molecule has 0 atom stereocenters. The molecule has 20 heavy (non-hydrogen) atoms. The zero-order valence-electron chi connectivity index (χ0n) is 12.4. The van der Waals surface area contributed by atoms with Gasteiger partial charge in [0.05, 0.1) is 0 Å². The Morgan fingerprint density at radius 3 is 2.70 bits per heavy atom. The largest absolute Gasteiger partial charge is 0.346 e. The third-order valence-corrected chi connectivity index (χ3v) is 4.12. The molecule has 0 unspecified atom stereocenters. The molecule has 0 spiro atoms. The van der Waals surface area contributed by atoms with Gasteiger partial charge in [-0.15, -0.1) is 0 Å². The van der Waals surface area contributed by atoms with E-state index < -0.39 is 0 Å². The molecule has 1 heterocycles. The summed E-state index contributed by atoms with van der Waals surface area (Å²) >= 11 is 6.19. The fourth-order valence-corrected chi connectivity index (χ4v) is 2.71. The van der Waals surface area contributed by atoms with E-state index in [1.807, 2.05) is 12.1 Å². The van der Waals surface area contributed by atoms with Gasteiger partial charge >= 0.3 is 0 Å². The number of fused-ring (bicyclic) bond motifs is 1. The van der Waals surface area contributed by atoms with Crippen LogP contribution in [-0.2, 0) is 6.54 Å². The molecule has 0 aliphatic rings. The second-order valence-electron chi connectivity index (χ2n) is 4.96. The average molecular weight is 294 g/mol.